The molecule has 8 heteroatoms. The summed E-state index contributed by atoms with van der Waals surface area (Å²) in [5, 5.41) is 3.64. The fourth-order valence-corrected chi connectivity index (χ4v) is 5.58. The summed E-state index contributed by atoms with van der Waals surface area (Å²) in [5.41, 5.74) is 2.51. The number of halogens is 3. The van der Waals surface area contributed by atoms with Crippen molar-refractivity contribution in [2.24, 2.45) is 0 Å². The number of rotatable bonds is 4. The average Bonchev–Trinajstić information content (AvgIpc) is 3.79. The fourth-order valence-electron chi connectivity index (χ4n) is 5.58. The molecule has 0 radical (unpaired) electrons. The van der Waals surface area contributed by atoms with Crippen molar-refractivity contribution in [3.05, 3.63) is 71.8 Å². The average molecular weight is 501 g/mol. The molecule has 2 aromatic rings. The quantitative estimate of drug-likeness (QED) is 0.688. The number of nitrogens with zero attached hydrogens (tertiary/aromatic N) is 3. The number of hydrogen-bond acceptors (Lipinski definition) is 4. The van der Waals surface area contributed by atoms with E-state index in [1.54, 1.807) is 0 Å². The first-order valence-corrected chi connectivity index (χ1v) is 12.9. The van der Waals surface area contributed by atoms with Crippen LogP contribution in [-0.2, 0) is 17.9 Å². The van der Waals surface area contributed by atoms with Crippen molar-refractivity contribution >= 4 is 5.91 Å². The lowest BCUT2D eigenvalue weighted by molar-refractivity contribution is -0.191. The van der Waals surface area contributed by atoms with Crippen molar-refractivity contribution in [1.82, 2.24) is 20.0 Å². The number of hydrogen-bond donors (Lipinski definition) is 1. The molecule has 2 aromatic carbocycles. The summed E-state index contributed by atoms with van der Waals surface area (Å²) in [6, 6.07) is 20.6. The first-order chi connectivity index (χ1) is 17.3. The molecule has 4 aliphatic rings. The van der Waals surface area contributed by atoms with Gasteiger partial charge in [-0.05, 0) is 36.8 Å². The molecule has 2 spiro atoms. The van der Waals surface area contributed by atoms with Crippen LogP contribution in [-0.4, -0.2) is 77.1 Å². The zero-order chi connectivity index (χ0) is 25.2. The van der Waals surface area contributed by atoms with Gasteiger partial charge in [-0.25, -0.2) is 0 Å². The minimum absolute atomic E-state index is 0.158. The summed E-state index contributed by atoms with van der Waals surface area (Å²) in [6.45, 7) is 6.60. The molecule has 4 fully saturated rings. The Bertz CT molecular complexity index is 1020. The molecule has 2 heterocycles. The van der Waals surface area contributed by atoms with Gasteiger partial charge < -0.3 is 10.2 Å². The number of carbonyl (C=O) groups is 1. The van der Waals surface area contributed by atoms with Crippen molar-refractivity contribution in [2.75, 3.05) is 39.3 Å². The molecular weight excluding hydrogens is 465 g/mol. The van der Waals surface area contributed by atoms with E-state index in [0.29, 0.717) is 31.5 Å². The fraction of sp³-hybridized carbons (Fsp3) is 0.536. The van der Waals surface area contributed by atoms with Crippen LogP contribution in [0.2, 0.25) is 0 Å². The highest BCUT2D eigenvalue weighted by Crippen LogP contribution is 2.46. The number of nitrogens with one attached hydrogen (secondary N) is 1. The van der Waals surface area contributed by atoms with Gasteiger partial charge in [0.05, 0.1) is 5.54 Å². The highest BCUT2D eigenvalue weighted by molar-refractivity contribution is 5.83. The molecule has 1 amide bonds. The van der Waals surface area contributed by atoms with Crippen molar-refractivity contribution in [3.8, 4) is 0 Å². The molecule has 2 aliphatic heterocycles. The smallest absolute Gasteiger partial charge is 0.327 e. The van der Waals surface area contributed by atoms with E-state index in [1.807, 2.05) is 30.3 Å². The Morgan fingerprint density at radius 3 is 1.83 bits per heavy atom. The van der Waals surface area contributed by atoms with Crippen LogP contribution in [0.5, 0.6) is 0 Å². The Labute approximate surface area is 211 Å². The van der Waals surface area contributed by atoms with Gasteiger partial charge in [-0.15, -0.1) is 0 Å². The number of piperazine rings is 2. The Morgan fingerprint density at radius 1 is 0.778 bits per heavy atom. The van der Waals surface area contributed by atoms with Gasteiger partial charge in [0, 0.05) is 57.9 Å². The Balaban J connectivity index is 0.000000156. The Kier molecular flexibility index (Phi) is 7.12. The predicted octanol–water partition coefficient (Wildman–Crippen LogP) is 4.05. The van der Waals surface area contributed by atoms with Crippen LogP contribution in [0.25, 0.3) is 0 Å². The van der Waals surface area contributed by atoms with Gasteiger partial charge in [-0.2, -0.15) is 13.2 Å². The van der Waals surface area contributed by atoms with Gasteiger partial charge in [0.25, 0.3) is 0 Å². The zero-order valence-corrected chi connectivity index (χ0v) is 20.6. The van der Waals surface area contributed by atoms with Crippen molar-refractivity contribution < 1.29 is 18.0 Å². The molecule has 0 unspecified atom stereocenters. The van der Waals surface area contributed by atoms with Crippen LogP contribution >= 0.6 is 0 Å². The zero-order valence-electron chi connectivity index (χ0n) is 20.6. The minimum atomic E-state index is -4.77. The van der Waals surface area contributed by atoms with Gasteiger partial charge in [-0.3, -0.25) is 14.6 Å². The second kappa shape index (κ2) is 10.1. The topological polar surface area (TPSA) is 38.8 Å². The normalized spacial score (nSPS) is 22.7. The molecule has 2 saturated carbocycles. The molecule has 5 nitrogen and oxygen atoms in total. The molecule has 0 aromatic heterocycles. The molecule has 2 saturated heterocycles. The molecule has 194 valence electrons. The maximum atomic E-state index is 12.6. The molecular formula is C28H35F3N4O. The highest BCUT2D eigenvalue weighted by Gasteiger charge is 2.57. The van der Waals surface area contributed by atoms with Gasteiger partial charge >= 0.3 is 12.1 Å². The molecule has 0 atom stereocenters. The molecule has 36 heavy (non-hydrogen) atoms. The monoisotopic (exact) mass is 500 g/mol. The van der Waals surface area contributed by atoms with Crippen molar-refractivity contribution in [1.29, 1.82) is 0 Å². The lowest BCUT2D eigenvalue weighted by atomic mass is 10.1. The highest BCUT2D eigenvalue weighted by atomic mass is 19.4. The first kappa shape index (κ1) is 25.2. The van der Waals surface area contributed by atoms with E-state index in [9.17, 15) is 18.0 Å². The third kappa shape index (κ3) is 6.10. The maximum absolute atomic E-state index is 12.6. The number of carbonyl (C=O) groups excluding carboxylic acids is 1. The van der Waals surface area contributed by atoms with Crippen LogP contribution in [0.4, 0.5) is 13.2 Å². The lowest BCUT2D eigenvalue weighted by Gasteiger charge is -2.42. The SMILES string of the molecule is O=C(N1CCN(Cc2ccccc2)CC12CC2)C(F)(F)F.c1ccc(CN2CCNC3(CC3)C2)cc1. The summed E-state index contributed by atoms with van der Waals surface area (Å²) < 4.78 is 37.9. The van der Waals surface area contributed by atoms with Crippen LogP contribution in [0.1, 0.15) is 36.8 Å². The maximum Gasteiger partial charge on any atom is 0.471 e. The van der Waals surface area contributed by atoms with Gasteiger partial charge in [-0.1, -0.05) is 60.7 Å². The van der Waals surface area contributed by atoms with Crippen LogP contribution in [0.15, 0.2) is 60.7 Å². The lowest BCUT2D eigenvalue weighted by Crippen LogP contribution is -2.59. The summed E-state index contributed by atoms with van der Waals surface area (Å²) >= 11 is 0. The standard InChI is InChI=1S/C15H17F3N2O.C13H18N2/c16-15(17,18)13(21)20-9-8-19(11-14(20)6-7-14)10-12-4-2-1-3-5-12;1-2-4-12(5-3-1)10-15-9-8-14-13(11-15)6-7-13/h1-5H,6-11H2;1-5,14H,6-11H2. The van der Waals surface area contributed by atoms with Gasteiger partial charge in [0.2, 0.25) is 0 Å². The summed E-state index contributed by atoms with van der Waals surface area (Å²) in [4.78, 5) is 17.3. The van der Waals surface area contributed by atoms with Crippen molar-refractivity contribution in [3.63, 3.8) is 0 Å². The third-order valence-corrected chi connectivity index (χ3v) is 7.85. The van der Waals surface area contributed by atoms with Crippen LogP contribution in [0.3, 0.4) is 0 Å². The second-order valence-electron chi connectivity index (χ2n) is 10.8. The first-order valence-electron chi connectivity index (χ1n) is 12.9. The van der Waals surface area contributed by atoms with E-state index in [-0.39, 0.29) is 6.54 Å². The summed E-state index contributed by atoms with van der Waals surface area (Å²) in [6.07, 6.45) is -0.687. The Hall–Kier alpha value is -2.42. The number of benzene rings is 2. The van der Waals surface area contributed by atoms with Gasteiger partial charge in [0.15, 0.2) is 0 Å². The third-order valence-electron chi connectivity index (χ3n) is 7.85. The van der Waals surface area contributed by atoms with E-state index in [0.717, 1.165) is 30.1 Å². The summed E-state index contributed by atoms with van der Waals surface area (Å²) in [5.74, 6) is -1.68. The Morgan fingerprint density at radius 2 is 1.33 bits per heavy atom. The largest absolute Gasteiger partial charge is 0.471 e. The minimum Gasteiger partial charge on any atom is -0.327 e. The molecule has 1 N–H and O–H groups in total. The number of amides is 1. The molecule has 2 aliphatic carbocycles. The molecule has 6 rings (SSSR count). The van der Waals surface area contributed by atoms with E-state index >= 15 is 0 Å². The number of alkyl halides is 3. The van der Waals surface area contributed by atoms with E-state index in [1.165, 1.54) is 31.5 Å². The van der Waals surface area contributed by atoms with Crippen LogP contribution < -0.4 is 5.32 Å². The van der Waals surface area contributed by atoms with E-state index in [2.05, 4.69) is 45.4 Å². The van der Waals surface area contributed by atoms with Crippen LogP contribution in [0, 0.1) is 0 Å². The van der Waals surface area contributed by atoms with Crippen molar-refractivity contribution in [2.45, 2.75) is 56.0 Å². The van der Waals surface area contributed by atoms with Gasteiger partial charge in [0.1, 0.15) is 0 Å². The second-order valence-corrected chi connectivity index (χ2v) is 10.8. The van der Waals surface area contributed by atoms with E-state index in [4.69, 9.17) is 0 Å². The van der Waals surface area contributed by atoms with E-state index < -0.39 is 17.6 Å². The predicted molar refractivity (Wildman–Crippen MR) is 133 cm³/mol. The summed E-state index contributed by atoms with van der Waals surface area (Å²) in [7, 11) is 0. The molecule has 0 bridgehead atoms.